The molecule has 1 N–H and O–H groups in total. The first-order valence-corrected chi connectivity index (χ1v) is 18.4. The molecule has 1 fully saturated rings. The second-order valence-corrected chi connectivity index (χ2v) is 16.4. The molecule has 300 valence electrons. The van der Waals surface area contributed by atoms with Crippen molar-refractivity contribution < 1.29 is 43.0 Å². The number of amides is 2. The van der Waals surface area contributed by atoms with Crippen LogP contribution in [-0.4, -0.2) is 68.5 Å². The van der Waals surface area contributed by atoms with Crippen molar-refractivity contribution in [2.24, 2.45) is 0 Å². The van der Waals surface area contributed by atoms with Crippen LogP contribution >= 0.6 is 0 Å². The average molecular weight is 767 g/mol. The van der Waals surface area contributed by atoms with Crippen molar-refractivity contribution >= 4 is 35.5 Å². The van der Waals surface area contributed by atoms with E-state index >= 15 is 0 Å². The number of nitro benzene ring substituents is 1. The number of alkyl carbamates (subject to hydrolysis) is 1. The second kappa shape index (κ2) is 17.5. The summed E-state index contributed by atoms with van der Waals surface area (Å²) in [5, 5.41) is 18.7. The number of carbonyl (C=O) groups is 3. The summed E-state index contributed by atoms with van der Waals surface area (Å²) in [6.07, 6.45) is 0.993. The van der Waals surface area contributed by atoms with Crippen molar-refractivity contribution in [1.29, 1.82) is 0 Å². The van der Waals surface area contributed by atoms with Crippen LogP contribution in [0.5, 0.6) is 5.75 Å². The molecular weight excluding hydrogens is 712 g/mol. The number of anilines is 2. The quantitative estimate of drug-likeness (QED) is 0.0461. The first kappa shape index (κ1) is 42.5. The molecule has 16 heteroatoms. The van der Waals surface area contributed by atoms with E-state index in [0.29, 0.717) is 56.0 Å². The van der Waals surface area contributed by atoms with Crippen LogP contribution in [-0.2, 0) is 24.5 Å². The third kappa shape index (κ3) is 12.7. The normalized spacial score (nSPS) is 16.5. The Kier molecular flexibility index (Phi) is 13.5. The van der Waals surface area contributed by atoms with Crippen LogP contribution < -0.4 is 15.0 Å². The van der Waals surface area contributed by atoms with Gasteiger partial charge in [-0.2, -0.15) is 5.10 Å². The van der Waals surface area contributed by atoms with Crippen LogP contribution in [0.15, 0.2) is 48.7 Å². The molecule has 3 aromatic rings. The molecule has 1 saturated carbocycles. The van der Waals surface area contributed by atoms with Crippen molar-refractivity contribution in [2.75, 3.05) is 18.1 Å². The highest BCUT2D eigenvalue weighted by Gasteiger charge is 2.36. The molecule has 1 unspecified atom stereocenters. The summed E-state index contributed by atoms with van der Waals surface area (Å²) in [6.45, 7) is 19.3. The van der Waals surface area contributed by atoms with Gasteiger partial charge in [0.2, 0.25) is 0 Å². The molecule has 55 heavy (non-hydrogen) atoms. The Balaban J connectivity index is 1.52. The van der Waals surface area contributed by atoms with Crippen LogP contribution in [0.4, 0.5) is 31.6 Å². The fraction of sp³-hybridized carbons (Fsp3) is 0.564. The molecule has 1 aromatic carbocycles. The number of rotatable bonds is 12. The highest BCUT2D eigenvalue weighted by atomic mass is 16.7. The number of nitro groups is 1. The summed E-state index contributed by atoms with van der Waals surface area (Å²) in [7, 11) is 0. The molecule has 0 saturated heterocycles. The number of hydrogen-bond donors (Lipinski definition) is 1. The van der Waals surface area contributed by atoms with Crippen molar-refractivity contribution in [2.45, 2.75) is 130 Å². The van der Waals surface area contributed by atoms with E-state index in [-0.39, 0.29) is 17.4 Å². The Labute approximate surface area is 322 Å². The third-order valence-corrected chi connectivity index (χ3v) is 8.26. The zero-order valence-corrected chi connectivity index (χ0v) is 33.4. The zero-order chi connectivity index (χ0) is 40.7. The summed E-state index contributed by atoms with van der Waals surface area (Å²) in [4.78, 5) is 55.0. The minimum absolute atomic E-state index is 0.0914. The first-order valence-electron chi connectivity index (χ1n) is 18.4. The minimum atomic E-state index is -0.902. The smallest absolute Gasteiger partial charge is 0.444 e. The van der Waals surface area contributed by atoms with Crippen LogP contribution in [0, 0.1) is 10.1 Å². The fourth-order valence-electron chi connectivity index (χ4n) is 5.81. The maximum absolute atomic E-state index is 14.1. The summed E-state index contributed by atoms with van der Waals surface area (Å²) >= 11 is 0. The van der Waals surface area contributed by atoms with Gasteiger partial charge >= 0.3 is 18.3 Å². The van der Waals surface area contributed by atoms with Gasteiger partial charge in [-0.1, -0.05) is 0 Å². The van der Waals surface area contributed by atoms with Gasteiger partial charge in [0.1, 0.15) is 28.9 Å². The van der Waals surface area contributed by atoms with Crippen LogP contribution in [0.2, 0.25) is 0 Å². The van der Waals surface area contributed by atoms with E-state index in [0.717, 1.165) is 5.69 Å². The van der Waals surface area contributed by atoms with E-state index in [4.69, 9.17) is 28.8 Å². The number of nitrogens with zero attached hydrogens (tertiary/aromatic N) is 5. The Hall–Kier alpha value is -5.25. The topological polar surface area (TPSA) is 186 Å². The van der Waals surface area contributed by atoms with E-state index in [1.54, 1.807) is 64.6 Å². The summed E-state index contributed by atoms with van der Waals surface area (Å²) < 4.78 is 29.9. The standard InChI is InChI=1S/C39H54N6O10/c1-25(51-21-11-19-41-34(46)54-38(5,6)7)31-23-28(18-20-40-31)43(35(47)55-39(8,9)10)33-24-32(42-44(33)37(2,3)4)26-12-15-30(22-26)53-36(48)52-29-16-13-27(14-17-29)45(49)50/h13-14,16-18,20,23-26,30H,11-12,15,19,21-22H2,1-10H3,(H,41,46)/t25?,26-,30+/m0/s1. The molecule has 4 rings (SSSR count). The fourth-order valence-corrected chi connectivity index (χ4v) is 5.81. The lowest BCUT2D eigenvalue weighted by Gasteiger charge is -2.31. The maximum Gasteiger partial charge on any atom is 0.514 e. The molecule has 2 heterocycles. The van der Waals surface area contributed by atoms with Crippen molar-refractivity contribution in [3.63, 3.8) is 0 Å². The Bertz CT molecular complexity index is 1810. The number of hydrogen-bond acceptors (Lipinski definition) is 12. The van der Waals surface area contributed by atoms with Gasteiger partial charge in [0, 0.05) is 43.5 Å². The van der Waals surface area contributed by atoms with E-state index in [1.165, 1.54) is 29.2 Å². The molecule has 3 atom stereocenters. The van der Waals surface area contributed by atoms with Crippen LogP contribution in [0.3, 0.4) is 0 Å². The van der Waals surface area contributed by atoms with Gasteiger partial charge in [-0.3, -0.25) is 15.1 Å². The molecule has 1 aliphatic carbocycles. The lowest BCUT2D eigenvalue weighted by atomic mass is 10.0. The minimum Gasteiger partial charge on any atom is -0.444 e. The third-order valence-electron chi connectivity index (χ3n) is 8.26. The molecule has 0 bridgehead atoms. The van der Waals surface area contributed by atoms with Crippen LogP contribution in [0.25, 0.3) is 0 Å². The molecule has 2 aromatic heterocycles. The Morgan fingerprint density at radius 2 is 1.65 bits per heavy atom. The lowest BCUT2D eigenvalue weighted by Crippen LogP contribution is -2.37. The summed E-state index contributed by atoms with van der Waals surface area (Å²) in [6, 6.07) is 10.5. The SMILES string of the molecule is CC(OCCCNC(=O)OC(C)(C)C)c1cc(N(C(=O)OC(C)(C)C)c2cc([C@H]3CC[C@@H](OC(=O)Oc4ccc([N+](=O)[O-])cc4)C3)nn2C(C)(C)C)ccn1. The highest BCUT2D eigenvalue weighted by Crippen LogP contribution is 2.40. The van der Waals surface area contributed by atoms with Gasteiger partial charge in [0.15, 0.2) is 0 Å². The predicted molar refractivity (Wildman–Crippen MR) is 204 cm³/mol. The first-order chi connectivity index (χ1) is 25.6. The van der Waals surface area contributed by atoms with E-state index < -0.39 is 52.2 Å². The van der Waals surface area contributed by atoms with Gasteiger partial charge < -0.3 is 29.0 Å². The number of aromatic nitrogens is 3. The molecular formula is C39H54N6O10. The second-order valence-electron chi connectivity index (χ2n) is 16.4. The van der Waals surface area contributed by atoms with Gasteiger partial charge in [-0.25, -0.2) is 24.0 Å². The Morgan fingerprint density at radius 1 is 0.982 bits per heavy atom. The molecule has 16 nitrogen and oxygen atoms in total. The van der Waals surface area contributed by atoms with E-state index in [2.05, 4.69) is 10.3 Å². The molecule has 2 amide bonds. The molecule has 0 aliphatic heterocycles. The maximum atomic E-state index is 14.1. The van der Waals surface area contributed by atoms with Crippen molar-refractivity contribution in [3.8, 4) is 5.75 Å². The van der Waals surface area contributed by atoms with Crippen molar-refractivity contribution in [3.05, 3.63) is 70.2 Å². The van der Waals surface area contributed by atoms with Gasteiger partial charge in [-0.05, 0) is 119 Å². The van der Waals surface area contributed by atoms with Gasteiger partial charge in [0.25, 0.3) is 5.69 Å². The molecule has 1 aliphatic rings. The monoisotopic (exact) mass is 766 g/mol. The number of carbonyl (C=O) groups excluding carboxylic acids is 3. The number of benzene rings is 1. The van der Waals surface area contributed by atoms with Gasteiger partial charge in [0.05, 0.1) is 33.6 Å². The highest BCUT2D eigenvalue weighted by molar-refractivity contribution is 5.95. The summed E-state index contributed by atoms with van der Waals surface area (Å²) in [5.41, 5.74) is -0.257. The molecule has 0 radical (unpaired) electrons. The molecule has 0 spiro atoms. The van der Waals surface area contributed by atoms with E-state index in [1.807, 2.05) is 33.8 Å². The van der Waals surface area contributed by atoms with E-state index in [9.17, 15) is 24.5 Å². The largest absolute Gasteiger partial charge is 0.514 e. The van der Waals surface area contributed by atoms with Gasteiger partial charge in [-0.15, -0.1) is 0 Å². The number of non-ortho nitro benzene ring substituents is 1. The summed E-state index contributed by atoms with van der Waals surface area (Å²) in [5.74, 6) is 0.526. The number of nitrogens with one attached hydrogen (secondary N) is 1. The Morgan fingerprint density at radius 3 is 2.27 bits per heavy atom. The average Bonchev–Trinajstić information content (AvgIpc) is 3.71. The lowest BCUT2D eigenvalue weighted by molar-refractivity contribution is -0.384. The van der Waals surface area contributed by atoms with Crippen LogP contribution in [0.1, 0.15) is 118 Å². The predicted octanol–water partition coefficient (Wildman–Crippen LogP) is 8.86. The number of pyridine rings is 1. The van der Waals surface area contributed by atoms with Crippen molar-refractivity contribution in [1.82, 2.24) is 20.1 Å². The number of ether oxygens (including phenoxy) is 5. The zero-order valence-electron chi connectivity index (χ0n) is 33.4.